The Bertz CT molecular complexity index is 934. The van der Waals surface area contributed by atoms with Crippen molar-refractivity contribution in [2.75, 3.05) is 18.1 Å². The second-order valence-corrected chi connectivity index (χ2v) is 7.98. The Labute approximate surface area is 145 Å². The normalized spacial score (nSPS) is 19.0. The Morgan fingerprint density at radius 1 is 1.28 bits per heavy atom. The fraction of sp³-hybridized carbons (Fsp3) is 0.375. The van der Waals surface area contributed by atoms with Crippen LogP contribution in [0.2, 0.25) is 0 Å². The van der Waals surface area contributed by atoms with E-state index in [0.29, 0.717) is 30.4 Å². The lowest BCUT2D eigenvalue weighted by molar-refractivity contribution is -0.120. The van der Waals surface area contributed by atoms with Gasteiger partial charge in [-0.2, -0.15) is 4.31 Å². The van der Waals surface area contributed by atoms with Crippen LogP contribution in [0.5, 0.6) is 0 Å². The average Bonchev–Trinajstić information content (AvgIpc) is 2.93. The molecule has 1 atom stereocenters. The summed E-state index contributed by atoms with van der Waals surface area (Å²) >= 11 is 0. The molecule has 8 nitrogen and oxygen atoms in total. The molecule has 1 saturated heterocycles. The number of carbonyl (C=O) groups is 2. The predicted molar refractivity (Wildman–Crippen MR) is 92.6 cm³/mol. The molecule has 25 heavy (non-hydrogen) atoms. The summed E-state index contributed by atoms with van der Waals surface area (Å²) in [7, 11) is -3.51. The standard InChI is InChI=1S/C16H19N3O5S/c1-25(22,23)19-9-5-4-7-11(19)16(21)18-13-10-6-2-3-8-12(10)24-14(13)15(17)20/h2-3,6,8,11H,4-5,7,9H2,1H3,(H2,17,20)(H,18,21). The summed E-state index contributed by atoms with van der Waals surface area (Å²) in [5.74, 6) is -1.47. The van der Waals surface area contributed by atoms with Gasteiger partial charge in [-0.25, -0.2) is 8.42 Å². The Morgan fingerprint density at radius 2 is 2.00 bits per heavy atom. The maximum absolute atomic E-state index is 12.7. The molecule has 1 fully saturated rings. The molecule has 0 spiro atoms. The maximum Gasteiger partial charge on any atom is 0.286 e. The summed E-state index contributed by atoms with van der Waals surface area (Å²) in [5, 5.41) is 3.18. The van der Waals surface area contributed by atoms with Gasteiger partial charge in [0.25, 0.3) is 5.91 Å². The molecule has 2 amide bonds. The number of sulfonamides is 1. The number of para-hydroxylation sites is 1. The van der Waals surface area contributed by atoms with Crippen molar-refractivity contribution < 1.29 is 22.4 Å². The van der Waals surface area contributed by atoms with Gasteiger partial charge in [0.2, 0.25) is 21.7 Å². The second-order valence-electron chi connectivity index (χ2n) is 6.04. The van der Waals surface area contributed by atoms with Gasteiger partial charge < -0.3 is 15.5 Å². The van der Waals surface area contributed by atoms with Crippen LogP contribution in [0.15, 0.2) is 28.7 Å². The first-order valence-electron chi connectivity index (χ1n) is 7.88. The van der Waals surface area contributed by atoms with Crippen molar-refractivity contribution in [1.82, 2.24) is 4.31 Å². The minimum absolute atomic E-state index is 0.156. The zero-order chi connectivity index (χ0) is 18.2. The lowest BCUT2D eigenvalue weighted by atomic mass is 10.0. The fourth-order valence-corrected chi connectivity index (χ4v) is 4.24. The highest BCUT2D eigenvalue weighted by Gasteiger charge is 2.35. The Kier molecular flexibility index (Phi) is 4.53. The van der Waals surface area contributed by atoms with E-state index in [0.717, 1.165) is 12.7 Å². The van der Waals surface area contributed by atoms with Crippen molar-refractivity contribution >= 4 is 38.5 Å². The maximum atomic E-state index is 12.7. The van der Waals surface area contributed by atoms with Crippen LogP contribution in [0.3, 0.4) is 0 Å². The van der Waals surface area contributed by atoms with Crippen LogP contribution in [-0.4, -0.2) is 43.4 Å². The average molecular weight is 365 g/mol. The molecule has 1 aromatic heterocycles. The van der Waals surface area contributed by atoms with Crippen LogP contribution < -0.4 is 11.1 Å². The lowest BCUT2D eigenvalue weighted by Crippen LogP contribution is -2.49. The highest BCUT2D eigenvalue weighted by molar-refractivity contribution is 7.88. The highest BCUT2D eigenvalue weighted by atomic mass is 32.2. The van der Waals surface area contributed by atoms with Crippen molar-refractivity contribution in [2.24, 2.45) is 5.73 Å². The lowest BCUT2D eigenvalue weighted by Gasteiger charge is -2.32. The minimum Gasteiger partial charge on any atom is -0.449 e. The molecule has 2 aromatic rings. The van der Waals surface area contributed by atoms with Gasteiger partial charge in [0.15, 0.2) is 0 Å². The van der Waals surface area contributed by atoms with Crippen LogP contribution in [0, 0.1) is 0 Å². The van der Waals surface area contributed by atoms with Crippen molar-refractivity contribution in [3.8, 4) is 0 Å². The van der Waals surface area contributed by atoms with E-state index in [1.54, 1.807) is 24.3 Å². The van der Waals surface area contributed by atoms with Crippen molar-refractivity contribution in [3.63, 3.8) is 0 Å². The number of nitrogens with one attached hydrogen (secondary N) is 1. The number of nitrogens with two attached hydrogens (primary N) is 1. The number of furan rings is 1. The smallest absolute Gasteiger partial charge is 0.286 e. The van der Waals surface area contributed by atoms with Crippen LogP contribution in [0.25, 0.3) is 11.0 Å². The summed E-state index contributed by atoms with van der Waals surface area (Å²) in [4.78, 5) is 24.4. The third kappa shape index (κ3) is 3.38. The van der Waals surface area contributed by atoms with E-state index in [2.05, 4.69) is 5.32 Å². The number of hydrogen-bond donors (Lipinski definition) is 2. The van der Waals surface area contributed by atoms with Crippen LogP contribution >= 0.6 is 0 Å². The predicted octanol–water partition coefficient (Wildman–Crippen LogP) is 1.28. The van der Waals surface area contributed by atoms with E-state index < -0.39 is 27.9 Å². The molecule has 1 unspecified atom stereocenters. The van der Waals surface area contributed by atoms with E-state index in [1.807, 2.05) is 0 Å². The van der Waals surface area contributed by atoms with Gasteiger partial charge >= 0.3 is 0 Å². The van der Waals surface area contributed by atoms with Crippen molar-refractivity contribution in [1.29, 1.82) is 0 Å². The van der Waals surface area contributed by atoms with Crippen molar-refractivity contribution in [2.45, 2.75) is 25.3 Å². The third-order valence-electron chi connectivity index (χ3n) is 4.25. The number of piperidine rings is 1. The van der Waals surface area contributed by atoms with Gasteiger partial charge in [-0.05, 0) is 25.0 Å². The summed E-state index contributed by atoms with van der Waals surface area (Å²) in [5.41, 5.74) is 5.92. The van der Waals surface area contributed by atoms with Crippen LogP contribution in [0.4, 0.5) is 5.69 Å². The molecule has 3 N–H and O–H groups in total. The molecule has 0 bridgehead atoms. The van der Waals surface area contributed by atoms with E-state index in [-0.39, 0.29) is 11.4 Å². The summed E-state index contributed by atoms with van der Waals surface area (Å²) in [6.45, 7) is 0.297. The number of carbonyl (C=O) groups excluding carboxylic acids is 2. The molecule has 9 heteroatoms. The molecular weight excluding hydrogens is 346 g/mol. The number of benzene rings is 1. The molecule has 1 aliphatic rings. The Hall–Kier alpha value is -2.39. The molecule has 1 aliphatic heterocycles. The van der Waals surface area contributed by atoms with Gasteiger partial charge in [-0.15, -0.1) is 0 Å². The molecule has 134 valence electrons. The zero-order valence-corrected chi connectivity index (χ0v) is 14.5. The van der Waals surface area contributed by atoms with Gasteiger partial charge in [0, 0.05) is 11.9 Å². The fourth-order valence-electron chi connectivity index (χ4n) is 3.11. The highest BCUT2D eigenvalue weighted by Crippen LogP contribution is 2.31. The first kappa shape index (κ1) is 17.4. The van der Waals surface area contributed by atoms with E-state index in [4.69, 9.17) is 10.2 Å². The largest absolute Gasteiger partial charge is 0.449 e. The number of hydrogen-bond acceptors (Lipinski definition) is 5. The summed E-state index contributed by atoms with van der Waals surface area (Å²) in [6, 6.07) is 5.99. The minimum atomic E-state index is -3.51. The number of primary amides is 1. The number of fused-ring (bicyclic) bond motifs is 1. The van der Waals surface area contributed by atoms with Gasteiger partial charge in [0.1, 0.15) is 17.3 Å². The molecule has 3 rings (SSSR count). The monoisotopic (exact) mass is 365 g/mol. The topological polar surface area (TPSA) is 123 Å². The molecule has 1 aromatic carbocycles. The molecule has 2 heterocycles. The van der Waals surface area contributed by atoms with Gasteiger partial charge in [-0.3, -0.25) is 9.59 Å². The quantitative estimate of drug-likeness (QED) is 0.845. The Balaban J connectivity index is 1.96. The zero-order valence-electron chi connectivity index (χ0n) is 13.7. The van der Waals surface area contributed by atoms with Crippen LogP contribution in [0.1, 0.15) is 29.8 Å². The van der Waals surface area contributed by atoms with Gasteiger partial charge in [0.05, 0.1) is 6.26 Å². The molecule has 0 radical (unpaired) electrons. The van der Waals surface area contributed by atoms with E-state index in [1.165, 1.54) is 4.31 Å². The summed E-state index contributed by atoms with van der Waals surface area (Å²) < 4.78 is 30.5. The van der Waals surface area contributed by atoms with Crippen molar-refractivity contribution in [3.05, 3.63) is 30.0 Å². The SMILES string of the molecule is CS(=O)(=O)N1CCCCC1C(=O)Nc1c(C(N)=O)oc2ccccc12. The summed E-state index contributed by atoms with van der Waals surface area (Å²) in [6.07, 6.45) is 2.96. The second kappa shape index (κ2) is 6.49. The molecule has 0 saturated carbocycles. The van der Waals surface area contributed by atoms with Gasteiger partial charge in [-0.1, -0.05) is 18.6 Å². The third-order valence-corrected chi connectivity index (χ3v) is 5.54. The number of amides is 2. The number of anilines is 1. The Morgan fingerprint density at radius 3 is 2.68 bits per heavy atom. The number of nitrogens with zero attached hydrogens (tertiary/aromatic N) is 1. The number of rotatable bonds is 4. The molecule has 0 aliphatic carbocycles. The van der Waals surface area contributed by atoms with E-state index in [9.17, 15) is 18.0 Å². The first-order valence-corrected chi connectivity index (χ1v) is 9.73. The van der Waals surface area contributed by atoms with E-state index >= 15 is 0 Å². The molecular formula is C16H19N3O5S. The first-order chi connectivity index (χ1) is 11.8. The van der Waals surface area contributed by atoms with Crippen LogP contribution in [-0.2, 0) is 14.8 Å².